The number of hydrogen-bond acceptors (Lipinski definition) is 5. The number of ether oxygens (including phenoxy) is 2. The molecule has 2 aromatic carbocycles. The van der Waals surface area contributed by atoms with Crippen LogP contribution in [0.25, 0.3) is 0 Å². The number of methoxy groups -OCH3 is 1. The zero-order valence-electron chi connectivity index (χ0n) is 18.4. The number of nitrogens with one attached hydrogen (secondary N) is 2. The van der Waals surface area contributed by atoms with Crippen molar-refractivity contribution in [1.82, 2.24) is 5.32 Å². The van der Waals surface area contributed by atoms with E-state index < -0.39 is 0 Å². The highest BCUT2D eigenvalue weighted by Crippen LogP contribution is 2.27. The van der Waals surface area contributed by atoms with Gasteiger partial charge in [0.25, 0.3) is 0 Å². The van der Waals surface area contributed by atoms with Crippen LogP contribution in [-0.2, 0) is 12.8 Å². The molecule has 1 unspecified atom stereocenters. The Balaban J connectivity index is 0.00000145. The molecule has 1 aliphatic heterocycles. The van der Waals surface area contributed by atoms with E-state index in [2.05, 4.69) is 48.5 Å². The Kier molecular flexibility index (Phi) is 8.59. The van der Waals surface area contributed by atoms with Crippen LogP contribution in [-0.4, -0.2) is 19.3 Å². The van der Waals surface area contributed by atoms with E-state index in [9.17, 15) is 0 Å². The smallest absolute Gasteiger partial charge is 0.214 e. The number of hydrogen-bond donors (Lipinski definition) is 2. The van der Waals surface area contributed by atoms with E-state index in [0.717, 1.165) is 30.0 Å². The molecule has 0 amide bonds. The highest BCUT2D eigenvalue weighted by atomic mass is 16.5. The molecule has 0 saturated carbocycles. The van der Waals surface area contributed by atoms with Gasteiger partial charge in [0.2, 0.25) is 12.2 Å². The first-order chi connectivity index (χ1) is 14.1. The van der Waals surface area contributed by atoms with Gasteiger partial charge in [-0.3, -0.25) is 0 Å². The second-order valence-electron chi connectivity index (χ2n) is 6.41. The Bertz CT molecular complexity index is 859. The summed E-state index contributed by atoms with van der Waals surface area (Å²) in [7, 11) is 1.67. The molecule has 3 rings (SSSR count). The largest absolute Gasteiger partial charge is 0.495 e. The van der Waals surface area contributed by atoms with Crippen molar-refractivity contribution in [2.75, 3.05) is 12.4 Å². The van der Waals surface area contributed by atoms with Gasteiger partial charge in [-0.05, 0) is 60.7 Å². The number of rotatable bonds is 6. The Hall–Kier alpha value is -2.95. The molecule has 1 aliphatic rings. The number of nitrogens with zero attached hydrogens (tertiary/aromatic N) is 1. The number of anilines is 1. The van der Waals surface area contributed by atoms with Crippen molar-refractivity contribution < 1.29 is 9.47 Å². The molecule has 0 radical (unpaired) electrons. The summed E-state index contributed by atoms with van der Waals surface area (Å²) in [5, 5.41) is 6.42. The highest BCUT2D eigenvalue weighted by molar-refractivity contribution is 5.96. The minimum Gasteiger partial charge on any atom is -0.495 e. The van der Waals surface area contributed by atoms with Gasteiger partial charge in [0.1, 0.15) is 11.5 Å². The predicted octanol–water partition coefficient (Wildman–Crippen LogP) is 5.44. The first kappa shape index (κ1) is 22.3. The molecule has 0 fully saturated rings. The zero-order valence-corrected chi connectivity index (χ0v) is 18.4. The van der Waals surface area contributed by atoms with Crippen LogP contribution < -0.4 is 20.1 Å². The molecule has 156 valence electrons. The summed E-state index contributed by atoms with van der Waals surface area (Å²) in [5.41, 5.74) is 4.53. The Morgan fingerprint density at radius 2 is 1.86 bits per heavy atom. The third-order valence-electron chi connectivity index (χ3n) is 4.63. The monoisotopic (exact) mass is 395 g/mol. The molecule has 0 bridgehead atoms. The normalized spacial score (nSPS) is 14.8. The van der Waals surface area contributed by atoms with E-state index in [4.69, 9.17) is 9.47 Å². The molecule has 0 aliphatic carbocycles. The van der Waals surface area contributed by atoms with Crippen LogP contribution in [0.4, 0.5) is 5.69 Å². The lowest BCUT2D eigenvalue weighted by molar-refractivity contribution is 0.254. The molecule has 0 aromatic heterocycles. The van der Waals surface area contributed by atoms with Crippen molar-refractivity contribution in [2.45, 2.75) is 53.7 Å². The fourth-order valence-electron chi connectivity index (χ4n) is 3.11. The van der Waals surface area contributed by atoms with Crippen LogP contribution in [0, 0.1) is 6.92 Å². The van der Waals surface area contributed by atoms with Crippen molar-refractivity contribution in [3.8, 4) is 11.5 Å². The minimum absolute atomic E-state index is 0.387. The molecule has 0 spiro atoms. The standard InChI is InChI=1S/C22H27N3O2.C2H6/c1-5-16-10-11-18(20(14-16)26-4)24-22-23-13-12-21(25-22)27-19-9-7-8-15(3)17(19)6-2;1-2/h7-14,21H,5-6H2,1-4H3,(H2,23,24,25);1-2H3. The van der Waals surface area contributed by atoms with E-state index in [1.54, 1.807) is 7.11 Å². The average molecular weight is 396 g/mol. The van der Waals surface area contributed by atoms with E-state index >= 15 is 0 Å². The maximum atomic E-state index is 6.13. The minimum atomic E-state index is -0.387. The van der Waals surface area contributed by atoms with Crippen molar-refractivity contribution in [1.29, 1.82) is 0 Å². The third-order valence-corrected chi connectivity index (χ3v) is 4.63. The summed E-state index contributed by atoms with van der Waals surface area (Å²) in [6, 6.07) is 12.2. The fraction of sp³-hybridized carbons (Fsp3) is 0.375. The highest BCUT2D eigenvalue weighted by Gasteiger charge is 2.15. The van der Waals surface area contributed by atoms with E-state index in [1.807, 2.05) is 50.4 Å². The maximum Gasteiger partial charge on any atom is 0.214 e. The summed E-state index contributed by atoms with van der Waals surface area (Å²) in [6.07, 6.45) is 5.23. The lowest BCUT2D eigenvalue weighted by atomic mass is 10.1. The Labute approximate surface area is 174 Å². The summed E-state index contributed by atoms with van der Waals surface area (Å²) in [4.78, 5) is 4.63. The molecule has 1 atom stereocenters. The Morgan fingerprint density at radius 3 is 2.55 bits per heavy atom. The third kappa shape index (κ3) is 5.76. The van der Waals surface area contributed by atoms with Gasteiger partial charge >= 0.3 is 0 Å². The van der Waals surface area contributed by atoms with Gasteiger partial charge in [0.15, 0.2) is 0 Å². The fourth-order valence-corrected chi connectivity index (χ4v) is 3.11. The second-order valence-corrected chi connectivity index (χ2v) is 6.41. The molecule has 2 aromatic rings. The number of aliphatic imine (C=N–C) groups is 1. The second kappa shape index (κ2) is 11.1. The van der Waals surface area contributed by atoms with Crippen LogP contribution in [0.15, 0.2) is 53.7 Å². The quantitative estimate of drug-likeness (QED) is 0.683. The van der Waals surface area contributed by atoms with Crippen molar-refractivity contribution in [2.24, 2.45) is 4.99 Å². The van der Waals surface area contributed by atoms with Crippen molar-refractivity contribution in [3.05, 3.63) is 65.4 Å². The van der Waals surface area contributed by atoms with Crippen LogP contribution in [0.5, 0.6) is 11.5 Å². The topological polar surface area (TPSA) is 54.9 Å². The van der Waals surface area contributed by atoms with E-state index in [-0.39, 0.29) is 6.23 Å². The lowest BCUT2D eigenvalue weighted by Gasteiger charge is -2.21. The summed E-state index contributed by atoms with van der Waals surface area (Å²) in [6.45, 7) is 10.4. The molecule has 0 saturated heterocycles. The van der Waals surface area contributed by atoms with Crippen LogP contribution in [0.2, 0.25) is 0 Å². The number of benzene rings is 2. The molecule has 5 nitrogen and oxygen atoms in total. The number of guanidine groups is 1. The predicted molar refractivity (Wildman–Crippen MR) is 122 cm³/mol. The molecule has 2 N–H and O–H groups in total. The molecular weight excluding hydrogens is 362 g/mol. The molecule has 5 heteroatoms. The maximum absolute atomic E-state index is 6.13. The van der Waals surface area contributed by atoms with E-state index in [0.29, 0.717) is 5.96 Å². The van der Waals surface area contributed by atoms with Gasteiger partial charge in [0, 0.05) is 6.20 Å². The van der Waals surface area contributed by atoms with Crippen LogP contribution in [0.1, 0.15) is 44.4 Å². The summed E-state index contributed by atoms with van der Waals surface area (Å²) >= 11 is 0. The molecular formula is C24H33N3O2. The number of aryl methyl sites for hydroxylation is 2. The van der Waals surface area contributed by atoms with Gasteiger partial charge in [-0.15, -0.1) is 0 Å². The molecule has 29 heavy (non-hydrogen) atoms. The average Bonchev–Trinajstić information content (AvgIpc) is 2.76. The van der Waals surface area contributed by atoms with Gasteiger partial charge in [-0.25, -0.2) is 4.99 Å². The van der Waals surface area contributed by atoms with Crippen LogP contribution in [0.3, 0.4) is 0 Å². The SMILES string of the molecule is CC.CCc1ccc(NC2=NC(Oc3cccc(C)c3CC)C=CN2)c(OC)c1. The first-order valence-electron chi connectivity index (χ1n) is 10.3. The first-order valence-corrected chi connectivity index (χ1v) is 10.3. The van der Waals surface area contributed by atoms with Crippen molar-refractivity contribution in [3.63, 3.8) is 0 Å². The summed E-state index contributed by atoms with van der Waals surface area (Å²) in [5.74, 6) is 2.29. The van der Waals surface area contributed by atoms with Gasteiger partial charge in [-0.1, -0.05) is 45.9 Å². The van der Waals surface area contributed by atoms with E-state index in [1.165, 1.54) is 16.7 Å². The van der Waals surface area contributed by atoms with Gasteiger partial charge in [-0.2, -0.15) is 0 Å². The summed E-state index contributed by atoms with van der Waals surface area (Å²) < 4.78 is 11.6. The van der Waals surface area contributed by atoms with Crippen molar-refractivity contribution >= 4 is 11.6 Å². The van der Waals surface area contributed by atoms with Gasteiger partial charge in [0.05, 0.1) is 12.8 Å². The molecule has 1 heterocycles. The Morgan fingerprint density at radius 1 is 1.07 bits per heavy atom. The van der Waals surface area contributed by atoms with Crippen LogP contribution >= 0.6 is 0 Å². The lowest BCUT2D eigenvalue weighted by Crippen LogP contribution is -2.33. The zero-order chi connectivity index (χ0) is 21.2. The van der Waals surface area contributed by atoms with Gasteiger partial charge < -0.3 is 20.1 Å².